The van der Waals surface area contributed by atoms with Gasteiger partial charge in [-0.1, -0.05) is 42.5 Å². The maximum absolute atomic E-state index is 11.7. The maximum atomic E-state index is 11.7. The Morgan fingerprint density at radius 1 is 1.00 bits per heavy atom. The summed E-state index contributed by atoms with van der Waals surface area (Å²) in [5.41, 5.74) is 1.89. The van der Waals surface area contributed by atoms with Crippen LogP contribution in [-0.4, -0.2) is 23.8 Å². The van der Waals surface area contributed by atoms with E-state index in [9.17, 15) is 9.90 Å². The first-order chi connectivity index (χ1) is 12.2. The second-order valence-electron chi connectivity index (χ2n) is 5.78. The summed E-state index contributed by atoms with van der Waals surface area (Å²) in [6, 6.07) is 18.8. The summed E-state index contributed by atoms with van der Waals surface area (Å²) >= 11 is 0. The van der Waals surface area contributed by atoms with Gasteiger partial charge in [-0.3, -0.25) is 4.99 Å². The number of benzene rings is 3. The van der Waals surface area contributed by atoms with Gasteiger partial charge in [0.25, 0.3) is 0 Å². The van der Waals surface area contributed by atoms with Crippen LogP contribution in [0.5, 0.6) is 11.5 Å². The van der Waals surface area contributed by atoms with Crippen LogP contribution >= 0.6 is 0 Å². The number of aliphatic imine (C=N–C) groups is 1. The van der Waals surface area contributed by atoms with Crippen LogP contribution in [0.4, 0.5) is 0 Å². The first-order valence-corrected chi connectivity index (χ1v) is 7.95. The molecule has 4 rings (SSSR count). The number of ether oxygens (including phenoxy) is 1. The topological polar surface area (TPSA) is 58.9 Å². The van der Waals surface area contributed by atoms with E-state index in [2.05, 4.69) is 4.99 Å². The molecule has 0 saturated heterocycles. The lowest BCUT2D eigenvalue weighted by Crippen LogP contribution is -2.01. The Hall–Kier alpha value is -3.40. The van der Waals surface area contributed by atoms with E-state index < -0.39 is 5.97 Å². The molecule has 25 heavy (non-hydrogen) atoms. The predicted molar refractivity (Wildman–Crippen MR) is 98.8 cm³/mol. The van der Waals surface area contributed by atoms with Crippen LogP contribution in [0.15, 0.2) is 71.7 Å². The van der Waals surface area contributed by atoms with Crippen LogP contribution < -0.4 is 4.74 Å². The monoisotopic (exact) mass is 329 g/mol. The molecule has 3 aromatic rings. The number of aromatic carboxylic acids is 1. The summed E-state index contributed by atoms with van der Waals surface area (Å²) in [6.07, 6.45) is 3.72. The Kier molecular flexibility index (Phi) is 3.78. The Bertz CT molecular complexity index is 1030. The van der Waals surface area contributed by atoms with Gasteiger partial charge in [0.1, 0.15) is 17.1 Å². The molecule has 1 aliphatic heterocycles. The van der Waals surface area contributed by atoms with Crippen LogP contribution in [0.25, 0.3) is 16.3 Å². The molecule has 0 aromatic heterocycles. The van der Waals surface area contributed by atoms with Crippen molar-refractivity contribution < 1.29 is 14.6 Å². The molecular weight excluding hydrogens is 314 g/mol. The van der Waals surface area contributed by atoms with Gasteiger partial charge in [0.2, 0.25) is 0 Å². The molecule has 0 saturated carbocycles. The zero-order chi connectivity index (χ0) is 17.2. The molecule has 0 atom stereocenters. The first-order valence-electron chi connectivity index (χ1n) is 7.95. The minimum absolute atomic E-state index is 0.131. The Morgan fingerprint density at radius 3 is 2.60 bits per heavy atom. The van der Waals surface area contributed by atoms with E-state index in [4.69, 9.17) is 4.74 Å². The second kappa shape index (κ2) is 6.24. The molecule has 122 valence electrons. The lowest BCUT2D eigenvalue weighted by atomic mass is 10.0. The lowest BCUT2D eigenvalue weighted by molar-refractivity contribution is 0.0694. The smallest absolute Gasteiger partial charge is 0.339 e. The van der Waals surface area contributed by atoms with Crippen molar-refractivity contribution in [2.75, 3.05) is 6.54 Å². The summed E-state index contributed by atoms with van der Waals surface area (Å²) in [7, 11) is 0. The van der Waals surface area contributed by atoms with Gasteiger partial charge < -0.3 is 9.84 Å². The molecule has 0 amide bonds. The second-order valence-corrected chi connectivity index (χ2v) is 5.78. The third-order valence-electron chi connectivity index (χ3n) is 4.14. The highest BCUT2D eigenvalue weighted by Gasteiger charge is 2.15. The van der Waals surface area contributed by atoms with Crippen LogP contribution in [-0.2, 0) is 0 Å². The van der Waals surface area contributed by atoms with Gasteiger partial charge in [0.05, 0.1) is 6.54 Å². The summed E-state index contributed by atoms with van der Waals surface area (Å²) in [6.45, 7) is 0.632. The van der Waals surface area contributed by atoms with Gasteiger partial charge in [-0.15, -0.1) is 0 Å². The summed E-state index contributed by atoms with van der Waals surface area (Å²) in [5.74, 6) is -0.0918. The molecule has 0 spiro atoms. The number of hydrogen-bond acceptors (Lipinski definition) is 3. The minimum Gasteiger partial charge on any atom is -0.478 e. The quantitative estimate of drug-likeness (QED) is 0.748. The molecule has 0 fully saturated rings. The lowest BCUT2D eigenvalue weighted by Gasteiger charge is -2.11. The summed E-state index contributed by atoms with van der Waals surface area (Å²) in [5, 5.41) is 11.7. The molecule has 3 aromatic carbocycles. The molecular formula is C21H15NO3. The zero-order valence-electron chi connectivity index (χ0n) is 13.3. The molecule has 0 unspecified atom stereocenters. The SMILES string of the molecule is O=C(O)c1cc(C2=CCN=C2)ccc1Oc1ccc2ccccc2c1. The predicted octanol–water partition coefficient (Wildman–Crippen LogP) is 4.80. The van der Waals surface area contributed by atoms with E-state index in [-0.39, 0.29) is 5.56 Å². The molecule has 4 heteroatoms. The van der Waals surface area contributed by atoms with Gasteiger partial charge in [-0.05, 0) is 46.2 Å². The maximum Gasteiger partial charge on any atom is 0.339 e. The number of carboxylic acid groups (broad SMARTS) is 1. The standard InChI is InChI=1S/C21H15NO3/c23-21(24)19-12-16(17-9-10-22-13-17)6-8-20(19)25-18-7-5-14-3-1-2-4-15(14)11-18/h1-9,11-13H,10H2,(H,23,24). The normalized spacial score (nSPS) is 13.0. The van der Waals surface area contributed by atoms with Crippen molar-refractivity contribution in [2.45, 2.75) is 0 Å². The van der Waals surface area contributed by atoms with Gasteiger partial charge in [-0.25, -0.2) is 4.79 Å². The van der Waals surface area contributed by atoms with E-state index >= 15 is 0 Å². The zero-order valence-corrected chi connectivity index (χ0v) is 13.3. The van der Waals surface area contributed by atoms with Crippen LogP contribution in [0, 0.1) is 0 Å². The van der Waals surface area contributed by atoms with E-state index in [1.54, 1.807) is 18.3 Å². The highest BCUT2D eigenvalue weighted by Crippen LogP contribution is 2.30. The number of nitrogens with zero attached hydrogens (tertiary/aromatic N) is 1. The van der Waals surface area contributed by atoms with E-state index in [0.29, 0.717) is 18.0 Å². The third kappa shape index (κ3) is 3.02. The summed E-state index contributed by atoms with van der Waals surface area (Å²) < 4.78 is 5.86. The van der Waals surface area contributed by atoms with Crippen molar-refractivity contribution in [3.63, 3.8) is 0 Å². The minimum atomic E-state index is -1.02. The van der Waals surface area contributed by atoms with Crippen molar-refractivity contribution >= 4 is 28.5 Å². The number of carbonyl (C=O) groups is 1. The Labute approximate surface area is 144 Å². The fraction of sp³-hybridized carbons (Fsp3) is 0.0476. The average Bonchev–Trinajstić information content (AvgIpc) is 3.16. The van der Waals surface area contributed by atoms with E-state index in [1.165, 1.54) is 0 Å². The molecule has 0 aliphatic carbocycles. The van der Waals surface area contributed by atoms with Gasteiger partial charge in [-0.2, -0.15) is 0 Å². The molecule has 1 N–H and O–H groups in total. The molecule has 1 aliphatic rings. The van der Waals surface area contributed by atoms with E-state index in [1.807, 2.05) is 54.6 Å². The number of hydrogen-bond donors (Lipinski definition) is 1. The van der Waals surface area contributed by atoms with Crippen LogP contribution in [0.3, 0.4) is 0 Å². The van der Waals surface area contributed by atoms with Crippen molar-refractivity contribution in [3.05, 3.63) is 77.9 Å². The number of allylic oxidation sites excluding steroid dienone is 1. The van der Waals surface area contributed by atoms with E-state index in [0.717, 1.165) is 21.9 Å². The van der Waals surface area contributed by atoms with Gasteiger partial charge in [0.15, 0.2) is 0 Å². The molecule has 0 radical (unpaired) electrons. The first kappa shape index (κ1) is 15.1. The van der Waals surface area contributed by atoms with Crippen LogP contribution in [0.2, 0.25) is 0 Å². The fourth-order valence-electron chi connectivity index (χ4n) is 2.87. The highest BCUT2D eigenvalue weighted by molar-refractivity contribution is 6.12. The third-order valence-corrected chi connectivity index (χ3v) is 4.14. The molecule has 1 heterocycles. The number of rotatable bonds is 4. The van der Waals surface area contributed by atoms with Crippen LogP contribution in [0.1, 0.15) is 15.9 Å². The van der Waals surface area contributed by atoms with Crippen molar-refractivity contribution in [3.8, 4) is 11.5 Å². The summed E-state index contributed by atoms with van der Waals surface area (Å²) in [4.78, 5) is 15.8. The van der Waals surface area contributed by atoms with Crippen molar-refractivity contribution in [1.82, 2.24) is 0 Å². The Balaban J connectivity index is 1.71. The Morgan fingerprint density at radius 2 is 1.84 bits per heavy atom. The molecule has 0 bridgehead atoms. The number of carboxylic acids is 1. The number of fused-ring (bicyclic) bond motifs is 1. The van der Waals surface area contributed by atoms with Crippen molar-refractivity contribution in [1.29, 1.82) is 0 Å². The fourth-order valence-corrected chi connectivity index (χ4v) is 2.87. The van der Waals surface area contributed by atoms with Gasteiger partial charge >= 0.3 is 5.97 Å². The highest BCUT2D eigenvalue weighted by atomic mass is 16.5. The average molecular weight is 329 g/mol. The largest absolute Gasteiger partial charge is 0.478 e. The van der Waals surface area contributed by atoms with Crippen molar-refractivity contribution in [2.24, 2.45) is 4.99 Å². The van der Waals surface area contributed by atoms with Gasteiger partial charge in [0, 0.05) is 6.21 Å². The molecule has 4 nitrogen and oxygen atoms in total.